The van der Waals surface area contributed by atoms with E-state index in [0.29, 0.717) is 19.6 Å². The zero-order valence-electron chi connectivity index (χ0n) is 14.9. The van der Waals surface area contributed by atoms with Crippen LogP contribution in [0.4, 0.5) is 0 Å². The number of carbonyl (C=O) groups is 1. The van der Waals surface area contributed by atoms with Gasteiger partial charge in [0, 0.05) is 32.6 Å². The second kappa shape index (κ2) is 6.98. The zero-order chi connectivity index (χ0) is 18.0. The summed E-state index contributed by atoms with van der Waals surface area (Å²) < 4.78 is 7.64. The number of amides is 1. The Morgan fingerprint density at radius 3 is 2.72 bits per heavy atom. The van der Waals surface area contributed by atoms with E-state index in [-0.39, 0.29) is 17.9 Å². The summed E-state index contributed by atoms with van der Waals surface area (Å²) in [5.74, 6) is 0.543. The number of nitrogens with zero attached hydrogens (tertiary/aromatic N) is 2. The highest BCUT2D eigenvalue weighted by Crippen LogP contribution is 2.33. The highest BCUT2D eigenvalue weighted by Gasteiger charge is 2.37. The van der Waals surface area contributed by atoms with Crippen LogP contribution in [0.25, 0.3) is 0 Å². The number of rotatable bonds is 5. The molecule has 0 radical (unpaired) electrons. The first-order valence-electron chi connectivity index (χ1n) is 8.54. The van der Waals surface area contributed by atoms with E-state index < -0.39 is 5.60 Å². The quantitative estimate of drug-likeness (QED) is 0.871. The molecule has 2 N–H and O–H groups in total. The molecule has 1 aliphatic heterocycles. The van der Waals surface area contributed by atoms with E-state index in [1.54, 1.807) is 20.0 Å². The van der Waals surface area contributed by atoms with Crippen LogP contribution in [0, 0.1) is 5.92 Å². The van der Waals surface area contributed by atoms with Crippen molar-refractivity contribution in [1.29, 1.82) is 0 Å². The average molecular weight is 343 g/mol. The SMILES string of the molecule is Cn1ccnc1[C@@H]1OCC[C@H]1C(=O)NCc1ccc(C(C)(C)O)cc1. The molecule has 3 rings (SSSR count). The summed E-state index contributed by atoms with van der Waals surface area (Å²) in [4.78, 5) is 16.9. The normalized spacial score (nSPS) is 20.6. The van der Waals surface area contributed by atoms with E-state index >= 15 is 0 Å². The molecule has 1 aromatic heterocycles. The van der Waals surface area contributed by atoms with Gasteiger partial charge in [-0.05, 0) is 31.4 Å². The molecule has 0 spiro atoms. The number of benzene rings is 1. The monoisotopic (exact) mass is 343 g/mol. The van der Waals surface area contributed by atoms with Gasteiger partial charge in [0.05, 0.1) is 11.5 Å². The molecule has 1 saturated heterocycles. The number of ether oxygens (including phenoxy) is 1. The molecular weight excluding hydrogens is 318 g/mol. The van der Waals surface area contributed by atoms with Gasteiger partial charge in [-0.1, -0.05) is 24.3 Å². The van der Waals surface area contributed by atoms with Crippen LogP contribution in [0.3, 0.4) is 0 Å². The molecule has 0 unspecified atom stereocenters. The Balaban J connectivity index is 1.61. The molecule has 134 valence electrons. The van der Waals surface area contributed by atoms with E-state index in [4.69, 9.17) is 4.74 Å². The second-order valence-corrected chi connectivity index (χ2v) is 7.06. The molecule has 0 aliphatic carbocycles. The lowest BCUT2D eigenvalue weighted by Crippen LogP contribution is -2.32. The van der Waals surface area contributed by atoms with Crippen molar-refractivity contribution in [3.05, 3.63) is 53.6 Å². The minimum Gasteiger partial charge on any atom is -0.386 e. The average Bonchev–Trinajstić information content (AvgIpc) is 3.20. The summed E-state index contributed by atoms with van der Waals surface area (Å²) in [5.41, 5.74) is 0.980. The van der Waals surface area contributed by atoms with Crippen LogP contribution in [0.5, 0.6) is 0 Å². The van der Waals surface area contributed by atoms with Crippen molar-refractivity contribution in [2.24, 2.45) is 13.0 Å². The molecule has 0 bridgehead atoms. The Morgan fingerprint density at radius 2 is 2.12 bits per heavy atom. The minimum absolute atomic E-state index is 0.0166. The van der Waals surface area contributed by atoms with Gasteiger partial charge in [-0.15, -0.1) is 0 Å². The Bertz CT molecular complexity index is 731. The highest BCUT2D eigenvalue weighted by atomic mass is 16.5. The number of imidazole rings is 1. The Labute approximate surface area is 147 Å². The van der Waals surface area contributed by atoms with Crippen molar-refractivity contribution in [3.63, 3.8) is 0 Å². The van der Waals surface area contributed by atoms with Crippen LogP contribution < -0.4 is 5.32 Å². The largest absolute Gasteiger partial charge is 0.386 e. The van der Waals surface area contributed by atoms with E-state index in [1.807, 2.05) is 42.1 Å². The summed E-state index contributed by atoms with van der Waals surface area (Å²) >= 11 is 0. The maximum Gasteiger partial charge on any atom is 0.226 e. The topological polar surface area (TPSA) is 76.4 Å². The summed E-state index contributed by atoms with van der Waals surface area (Å²) in [7, 11) is 1.91. The smallest absolute Gasteiger partial charge is 0.226 e. The summed E-state index contributed by atoms with van der Waals surface area (Å²) in [6.45, 7) is 4.52. The van der Waals surface area contributed by atoms with Gasteiger partial charge in [0.15, 0.2) is 0 Å². The van der Waals surface area contributed by atoms with E-state index in [0.717, 1.165) is 17.0 Å². The van der Waals surface area contributed by atoms with Crippen LogP contribution in [0.1, 0.15) is 43.3 Å². The third-order valence-corrected chi connectivity index (χ3v) is 4.67. The molecule has 6 nitrogen and oxygen atoms in total. The van der Waals surface area contributed by atoms with Crippen LogP contribution in [-0.2, 0) is 28.7 Å². The first-order valence-corrected chi connectivity index (χ1v) is 8.54. The summed E-state index contributed by atoms with van der Waals surface area (Å²) in [6, 6.07) is 7.62. The van der Waals surface area contributed by atoms with Crippen molar-refractivity contribution in [1.82, 2.24) is 14.9 Å². The lowest BCUT2D eigenvalue weighted by atomic mass is 9.97. The van der Waals surface area contributed by atoms with Gasteiger partial charge in [0.1, 0.15) is 11.9 Å². The number of hydrogen-bond acceptors (Lipinski definition) is 4. The molecule has 1 aliphatic rings. The van der Waals surface area contributed by atoms with Gasteiger partial charge in [-0.25, -0.2) is 4.98 Å². The fourth-order valence-electron chi connectivity index (χ4n) is 3.11. The molecule has 25 heavy (non-hydrogen) atoms. The van der Waals surface area contributed by atoms with Crippen LogP contribution in [0.15, 0.2) is 36.7 Å². The van der Waals surface area contributed by atoms with Gasteiger partial charge in [0.25, 0.3) is 0 Å². The molecule has 2 heterocycles. The fourth-order valence-corrected chi connectivity index (χ4v) is 3.11. The van der Waals surface area contributed by atoms with Crippen LogP contribution >= 0.6 is 0 Å². The number of carbonyl (C=O) groups excluding carboxylic acids is 1. The van der Waals surface area contributed by atoms with Gasteiger partial charge < -0.3 is 19.7 Å². The van der Waals surface area contributed by atoms with Crippen LogP contribution in [-0.4, -0.2) is 27.2 Å². The Hall–Kier alpha value is -2.18. The molecule has 2 atom stereocenters. The maximum atomic E-state index is 12.6. The first-order chi connectivity index (χ1) is 11.9. The Kier molecular flexibility index (Phi) is 4.92. The van der Waals surface area contributed by atoms with Gasteiger partial charge in [0.2, 0.25) is 5.91 Å². The van der Waals surface area contributed by atoms with Crippen molar-refractivity contribution in [2.75, 3.05) is 6.61 Å². The second-order valence-electron chi connectivity index (χ2n) is 7.06. The molecule has 6 heteroatoms. The van der Waals surface area contributed by atoms with Gasteiger partial charge >= 0.3 is 0 Å². The van der Waals surface area contributed by atoms with Gasteiger partial charge in [-0.3, -0.25) is 4.79 Å². The number of aliphatic hydroxyl groups is 1. The molecule has 1 fully saturated rings. The Morgan fingerprint density at radius 1 is 1.40 bits per heavy atom. The highest BCUT2D eigenvalue weighted by molar-refractivity contribution is 5.79. The third kappa shape index (κ3) is 3.91. The molecule has 1 aromatic carbocycles. The summed E-state index contributed by atoms with van der Waals surface area (Å²) in [5, 5.41) is 13.0. The lowest BCUT2D eigenvalue weighted by molar-refractivity contribution is -0.127. The number of nitrogens with one attached hydrogen (secondary N) is 1. The zero-order valence-corrected chi connectivity index (χ0v) is 14.9. The first kappa shape index (κ1) is 17.6. The van der Waals surface area contributed by atoms with Crippen molar-refractivity contribution in [2.45, 2.75) is 38.5 Å². The van der Waals surface area contributed by atoms with Gasteiger partial charge in [-0.2, -0.15) is 0 Å². The molecule has 1 amide bonds. The number of hydrogen-bond donors (Lipinski definition) is 2. The fraction of sp³-hybridized carbons (Fsp3) is 0.474. The molecule has 2 aromatic rings. The molecular formula is C19H25N3O3. The van der Waals surface area contributed by atoms with E-state index in [9.17, 15) is 9.90 Å². The number of aryl methyl sites for hydroxylation is 1. The predicted octanol–water partition coefficient (Wildman–Crippen LogP) is 2.04. The standard InChI is InChI=1S/C19H25N3O3/c1-19(2,24)14-6-4-13(5-7-14)12-21-18(23)15-8-11-25-16(15)17-20-9-10-22(17)3/h4-7,9-10,15-16,24H,8,11-12H2,1-3H3,(H,21,23)/t15-,16-/m1/s1. The van der Waals surface area contributed by atoms with Crippen LogP contribution in [0.2, 0.25) is 0 Å². The molecule has 0 saturated carbocycles. The lowest BCUT2D eigenvalue weighted by Gasteiger charge is -2.19. The number of aromatic nitrogens is 2. The van der Waals surface area contributed by atoms with Crippen molar-refractivity contribution < 1.29 is 14.6 Å². The summed E-state index contributed by atoms with van der Waals surface area (Å²) in [6.07, 6.45) is 3.98. The van der Waals surface area contributed by atoms with Crippen molar-refractivity contribution >= 4 is 5.91 Å². The minimum atomic E-state index is -0.863. The predicted molar refractivity (Wildman–Crippen MR) is 93.5 cm³/mol. The maximum absolute atomic E-state index is 12.6. The van der Waals surface area contributed by atoms with E-state index in [1.165, 1.54) is 0 Å². The third-order valence-electron chi connectivity index (χ3n) is 4.67. The van der Waals surface area contributed by atoms with E-state index in [2.05, 4.69) is 10.3 Å². The van der Waals surface area contributed by atoms with Crippen molar-refractivity contribution in [3.8, 4) is 0 Å².